The molecule has 0 aliphatic heterocycles. The van der Waals surface area contributed by atoms with Crippen LogP contribution in [0.15, 0.2) is 91.1 Å². The van der Waals surface area contributed by atoms with Crippen LogP contribution < -0.4 is 0 Å². The van der Waals surface area contributed by atoms with E-state index >= 15 is 0 Å². The van der Waals surface area contributed by atoms with Crippen molar-refractivity contribution >= 4 is 23.5 Å². The minimum atomic E-state index is -0.317. The molecule has 1 heterocycles. The fourth-order valence-electron chi connectivity index (χ4n) is 2.97. The van der Waals surface area contributed by atoms with Gasteiger partial charge in [0.15, 0.2) is 5.78 Å². The predicted molar refractivity (Wildman–Crippen MR) is 114 cm³/mol. The summed E-state index contributed by atoms with van der Waals surface area (Å²) in [4.78, 5) is 12.6. The lowest BCUT2D eigenvalue weighted by Gasteiger charge is -2.00. The van der Waals surface area contributed by atoms with Crippen LogP contribution in [-0.4, -0.2) is 15.6 Å². The lowest BCUT2D eigenvalue weighted by Crippen LogP contribution is -1.94. The standard InChI is InChI=1S/C24H16ClFN2O/c25-22-9-5-4-8-21(22)23(29)15-12-18-16-28(20-6-2-1-3-7-20)27-24(18)17-10-13-19(26)14-11-17/h1-16H/b15-12+. The maximum Gasteiger partial charge on any atom is 0.187 e. The van der Waals surface area contributed by atoms with Gasteiger partial charge in [-0.15, -0.1) is 0 Å². The zero-order valence-corrected chi connectivity index (χ0v) is 16.1. The fourth-order valence-corrected chi connectivity index (χ4v) is 3.20. The van der Waals surface area contributed by atoms with E-state index in [1.54, 1.807) is 47.2 Å². The van der Waals surface area contributed by atoms with Crippen LogP contribution in [-0.2, 0) is 0 Å². The Morgan fingerprint density at radius 3 is 2.34 bits per heavy atom. The molecule has 0 unspecified atom stereocenters. The van der Waals surface area contributed by atoms with E-state index in [1.807, 2.05) is 36.5 Å². The van der Waals surface area contributed by atoms with E-state index in [9.17, 15) is 9.18 Å². The van der Waals surface area contributed by atoms with Crippen molar-refractivity contribution in [2.75, 3.05) is 0 Å². The Hall–Kier alpha value is -3.50. The van der Waals surface area contributed by atoms with Gasteiger partial charge >= 0.3 is 0 Å². The first-order chi connectivity index (χ1) is 14.1. The molecule has 3 nitrogen and oxygen atoms in total. The van der Waals surface area contributed by atoms with E-state index in [0.717, 1.165) is 16.8 Å². The average Bonchev–Trinajstić information content (AvgIpc) is 3.18. The molecule has 0 spiro atoms. The average molecular weight is 403 g/mol. The highest BCUT2D eigenvalue weighted by molar-refractivity contribution is 6.34. The number of para-hydroxylation sites is 1. The minimum Gasteiger partial charge on any atom is -0.289 e. The van der Waals surface area contributed by atoms with E-state index in [2.05, 4.69) is 5.10 Å². The Morgan fingerprint density at radius 1 is 0.931 bits per heavy atom. The van der Waals surface area contributed by atoms with Crippen molar-refractivity contribution < 1.29 is 9.18 Å². The van der Waals surface area contributed by atoms with Gasteiger partial charge in [-0.1, -0.05) is 41.9 Å². The third-order valence-corrected chi connectivity index (χ3v) is 4.76. The molecule has 142 valence electrons. The highest BCUT2D eigenvalue weighted by Crippen LogP contribution is 2.26. The van der Waals surface area contributed by atoms with Crippen molar-refractivity contribution in [1.29, 1.82) is 0 Å². The van der Waals surface area contributed by atoms with Gasteiger partial charge in [-0.3, -0.25) is 4.79 Å². The maximum atomic E-state index is 13.4. The fraction of sp³-hybridized carbons (Fsp3) is 0. The van der Waals surface area contributed by atoms with Gasteiger partial charge in [-0.05, 0) is 60.7 Å². The van der Waals surface area contributed by atoms with Gasteiger partial charge in [0.1, 0.15) is 5.82 Å². The lowest BCUT2D eigenvalue weighted by atomic mass is 10.1. The number of hydrogen-bond donors (Lipinski definition) is 0. The number of halogens is 2. The molecule has 0 fully saturated rings. The summed E-state index contributed by atoms with van der Waals surface area (Å²) in [6.45, 7) is 0. The molecule has 3 aromatic carbocycles. The van der Waals surface area contributed by atoms with Crippen LogP contribution in [0.1, 0.15) is 15.9 Å². The topological polar surface area (TPSA) is 34.9 Å². The van der Waals surface area contributed by atoms with Crippen molar-refractivity contribution in [2.24, 2.45) is 0 Å². The first-order valence-electron chi connectivity index (χ1n) is 9.00. The summed E-state index contributed by atoms with van der Waals surface area (Å²) in [5.41, 5.74) is 3.46. The van der Waals surface area contributed by atoms with Gasteiger partial charge in [0.25, 0.3) is 0 Å². The largest absolute Gasteiger partial charge is 0.289 e. The van der Waals surface area contributed by atoms with Gasteiger partial charge in [-0.25, -0.2) is 9.07 Å². The van der Waals surface area contributed by atoms with Crippen molar-refractivity contribution in [3.8, 4) is 16.9 Å². The number of nitrogens with zero attached hydrogens (tertiary/aromatic N) is 2. The normalized spacial score (nSPS) is 11.1. The predicted octanol–water partition coefficient (Wildman–Crippen LogP) is 6.23. The molecular weight excluding hydrogens is 387 g/mol. The van der Waals surface area contributed by atoms with Crippen molar-refractivity contribution in [3.05, 3.63) is 113 Å². The third kappa shape index (κ3) is 4.18. The number of rotatable bonds is 5. The maximum absolute atomic E-state index is 13.4. The number of allylic oxidation sites excluding steroid dienone is 1. The first-order valence-corrected chi connectivity index (χ1v) is 9.37. The van der Waals surface area contributed by atoms with Crippen molar-refractivity contribution in [2.45, 2.75) is 0 Å². The summed E-state index contributed by atoms with van der Waals surface area (Å²) in [6.07, 6.45) is 5.02. The van der Waals surface area contributed by atoms with Gasteiger partial charge < -0.3 is 0 Å². The number of carbonyl (C=O) groups is 1. The van der Waals surface area contributed by atoms with E-state index < -0.39 is 0 Å². The Morgan fingerprint density at radius 2 is 1.62 bits per heavy atom. The molecule has 0 radical (unpaired) electrons. The number of benzene rings is 3. The summed E-state index contributed by atoms with van der Waals surface area (Å²) in [7, 11) is 0. The van der Waals surface area contributed by atoms with Crippen LogP contribution in [0.4, 0.5) is 4.39 Å². The second-order valence-electron chi connectivity index (χ2n) is 6.40. The SMILES string of the molecule is O=C(/C=C/c1cn(-c2ccccc2)nc1-c1ccc(F)cc1)c1ccccc1Cl. The van der Waals surface area contributed by atoms with Crippen LogP contribution in [0.5, 0.6) is 0 Å². The molecule has 0 aliphatic rings. The van der Waals surface area contributed by atoms with Crippen LogP contribution in [0.2, 0.25) is 5.02 Å². The zero-order valence-electron chi connectivity index (χ0n) is 15.3. The van der Waals surface area contributed by atoms with Crippen molar-refractivity contribution in [1.82, 2.24) is 9.78 Å². The summed E-state index contributed by atoms with van der Waals surface area (Å²) < 4.78 is 15.1. The molecule has 4 rings (SSSR count). The van der Waals surface area contributed by atoms with Gasteiger partial charge in [-0.2, -0.15) is 5.10 Å². The molecule has 5 heteroatoms. The molecule has 4 aromatic rings. The summed E-state index contributed by atoms with van der Waals surface area (Å²) in [5, 5.41) is 5.06. The van der Waals surface area contributed by atoms with Gasteiger partial charge in [0, 0.05) is 22.9 Å². The molecule has 29 heavy (non-hydrogen) atoms. The minimum absolute atomic E-state index is 0.201. The second-order valence-corrected chi connectivity index (χ2v) is 6.80. The Labute approximate surface area is 172 Å². The summed E-state index contributed by atoms with van der Waals surface area (Å²) in [5.74, 6) is -0.518. The lowest BCUT2D eigenvalue weighted by molar-refractivity contribution is 0.104. The quantitative estimate of drug-likeness (QED) is 0.293. The van der Waals surface area contributed by atoms with E-state index in [1.165, 1.54) is 18.2 Å². The van der Waals surface area contributed by atoms with Gasteiger partial charge in [0.2, 0.25) is 0 Å². The van der Waals surface area contributed by atoms with Crippen LogP contribution in [0.25, 0.3) is 23.0 Å². The van der Waals surface area contributed by atoms with Crippen LogP contribution in [0, 0.1) is 5.82 Å². The second kappa shape index (κ2) is 8.25. The molecule has 1 aromatic heterocycles. The third-order valence-electron chi connectivity index (χ3n) is 4.43. The Bertz CT molecular complexity index is 1180. The smallest absolute Gasteiger partial charge is 0.187 e. The molecule has 0 atom stereocenters. The van der Waals surface area contributed by atoms with Gasteiger partial charge in [0.05, 0.1) is 16.4 Å². The van der Waals surface area contributed by atoms with E-state index in [0.29, 0.717) is 16.3 Å². The van der Waals surface area contributed by atoms with Crippen molar-refractivity contribution in [3.63, 3.8) is 0 Å². The number of aromatic nitrogens is 2. The number of carbonyl (C=O) groups excluding carboxylic acids is 1. The highest BCUT2D eigenvalue weighted by atomic mass is 35.5. The molecule has 0 amide bonds. The van der Waals surface area contributed by atoms with E-state index in [4.69, 9.17) is 11.6 Å². The first kappa shape index (κ1) is 18.8. The van der Waals surface area contributed by atoms with Crippen LogP contribution >= 0.6 is 11.6 Å². The Kier molecular flexibility index (Phi) is 5.36. The molecule has 0 saturated carbocycles. The molecule has 0 bridgehead atoms. The summed E-state index contributed by atoms with van der Waals surface area (Å²) >= 11 is 6.12. The molecular formula is C24H16ClFN2O. The number of hydrogen-bond acceptors (Lipinski definition) is 2. The molecule has 0 aliphatic carbocycles. The highest BCUT2D eigenvalue weighted by Gasteiger charge is 2.12. The monoisotopic (exact) mass is 402 g/mol. The molecule has 0 saturated heterocycles. The van der Waals surface area contributed by atoms with E-state index in [-0.39, 0.29) is 11.6 Å². The zero-order chi connectivity index (χ0) is 20.2. The number of ketones is 1. The van der Waals surface area contributed by atoms with Crippen LogP contribution in [0.3, 0.4) is 0 Å². The Balaban J connectivity index is 1.75. The summed E-state index contributed by atoms with van der Waals surface area (Å²) in [6, 6.07) is 22.7. The molecule has 0 N–H and O–H groups in total.